The fourth-order valence-electron chi connectivity index (χ4n) is 2.71. The smallest absolute Gasteiger partial charge is 0.273 e. The Kier molecular flexibility index (Phi) is 6.17. The van der Waals surface area contributed by atoms with Crippen LogP contribution < -0.4 is 9.04 Å². The average molecular weight is 450 g/mol. The second-order valence-corrected chi connectivity index (χ2v) is 8.79. The molecule has 8 heteroatoms. The van der Waals surface area contributed by atoms with Gasteiger partial charge >= 0.3 is 0 Å². The zero-order valence-corrected chi connectivity index (χ0v) is 17.9. The number of aryl methyl sites for hydroxylation is 1. The maximum atomic E-state index is 13.4. The van der Waals surface area contributed by atoms with Crippen molar-refractivity contribution in [2.75, 3.05) is 11.4 Å². The molecule has 0 aliphatic heterocycles. The molecule has 3 aromatic carbocycles. The highest BCUT2D eigenvalue weighted by Crippen LogP contribution is 2.33. The summed E-state index contributed by atoms with van der Waals surface area (Å²) >= 11 is 12.3. The van der Waals surface area contributed by atoms with E-state index in [2.05, 4.69) is 0 Å². The lowest BCUT2D eigenvalue weighted by atomic mass is 10.2. The van der Waals surface area contributed by atoms with Gasteiger partial charge in [-0.05, 0) is 49.4 Å². The zero-order chi connectivity index (χ0) is 21.2. The molecule has 0 spiro atoms. The van der Waals surface area contributed by atoms with Crippen LogP contribution in [0.3, 0.4) is 0 Å². The van der Waals surface area contributed by atoms with Gasteiger partial charge in [-0.25, -0.2) is 8.42 Å². The number of anilines is 1. The predicted octanol–water partition coefficient (Wildman–Crippen LogP) is 5.35. The molecule has 0 unspecified atom stereocenters. The minimum absolute atomic E-state index is 0.0320. The first-order valence-corrected chi connectivity index (χ1v) is 10.7. The van der Waals surface area contributed by atoms with E-state index in [1.807, 2.05) is 6.92 Å². The SMILES string of the molecule is COc1ccc(N(C(=O)c2ccccc2Cl)S(=O)(=O)c2ccc(C)cc2)cc1Cl. The van der Waals surface area contributed by atoms with Crippen LogP contribution in [0.4, 0.5) is 5.69 Å². The van der Waals surface area contributed by atoms with E-state index < -0.39 is 15.9 Å². The van der Waals surface area contributed by atoms with Crippen LogP contribution in [0.15, 0.2) is 71.6 Å². The monoisotopic (exact) mass is 449 g/mol. The van der Waals surface area contributed by atoms with Crippen LogP contribution in [0.1, 0.15) is 15.9 Å². The van der Waals surface area contributed by atoms with Crippen molar-refractivity contribution >= 4 is 44.8 Å². The minimum Gasteiger partial charge on any atom is -0.495 e. The van der Waals surface area contributed by atoms with Crippen molar-refractivity contribution < 1.29 is 17.9 Å². The molecule has 0 fully saturated rings. The van der Waals surface area contributed by atoms with Gasteiger partial charge in [0.1, 0.15) is 5.75 Å². The lowest BCUT2D eigenvalue weighted by molar-refractivity contribution is 0.101. The highest BCUT2D eigenvalue weighted by molar-refractivity contribution is 7.93. The molecule has 0 N–H and O–H groups in total. The largest absolute Gasteiger partial charge is 0.495 e. The van der Waals surface area contributed by atoms with Crippen molar-refractivity contribution in [2.45, 2.75) is 11.8 Å². The minimum atomic E-state index is -4.25. The molecule has 0 radical (unpaired) electrons. The quantitative estimate of drug-likeness (QED) is 0.526. The first-order valence-electron chi connectivity index (χ1n) is 8.50. The van der Waals surface area contributed by atoms with Crippen LogP contribution in [0.5, 0.6) is 5.75 Å². The van der Waals surface area contributed by atoms with E-state index in [4.69, 9.17) is 27.9 Å². The summed E-state index contributed by atoms with van der Waals surface area (Å²) in [6.45, 7) is 1.84. The molecule has 0 saturated carbocycles. The van der Waals surface area contributed by atoms with Crippen LogP contribution in [-0.2, 0) is 10.0 Å². The Morgan fingerprint density at radius 3 is 2.17 bits per heavy atom. The molecule has 5 nitrogen and oxygen atoms in total. The summed E-state index contributed by atoms with van der Waals surface area (Å²) in [7, 11) is -2.80. The molecule has 3 aromatic rings. The van der Waals surface area contributed by atoms with Crippen molar-refractivity contribution in [1.82, 2.24) is 0 Å². The number of amides is 1. The number of carbonyl (C=O) groups is 1. The molecule has 0 heterocycles. The van der Waals surface area contributed by atoms with E-state index in [0.717, 1.165) is 5.56 Å². The number of ether oxygens (including phenoxy) is 1. The topological polar surface area (TPSA) is 63.7 Å². The molecule has 0 aliphatic carbocycles. The molecule has 1 amide bonds. The third-order valence-corrected chi connectivity index (χ3v) is 6.57. The van der Waals surface area contributed by atoms with Crippen LogP contribution in [0, 0.1) is 6.92 Å². The summed E-state index contributed by atoms with van der Waals surface area (Å²) in [5.74, 6) is -0.439. The van der Waals surface area contributed by atoms with Crippen molar-refractivity contribution in [3.8, 4) is 5.75 Å². The molecular weight excluding hydrogens is 433 g/mol. The normalized spacial score (nSPS) is 11.2. The second-order valence-electron chi connectivity index (χ2n) is 6.19. The van der Waals surface area contributed by atoms with E-state index in [1.54, 1.807) is 24.3 Å². The van der Waals surface area contributed by atoms with Crippen molar-refractivity contribution in [3.63, 3.8) is 0 Å². The molecule has 0 saturated heterocycles. The summed E-state index contributed by atoms with van der Waals surface area (Å²) in [4.78, 5) is 13.3. The predicted molar refractivity (Wildman–Crippen MR) is 115 cm³/mol. The summed E-state index contributed by atoms with van der Waals surface area (Å²) in [6.07, 6.45) is 0. The molecule has 29 heavy (non-hydrogen) atoms. The third-order valence-electron chi connectivity index (χ3n) is 4.22. The Morgan fingerprint density at radius 2 is 1.59 bits per heavy atom. The number of carbonyl (C=O) groups excluding carboxylic acids is 1. The van der Waals surface area contributed by atoms with E-state index in [9.17, 15) is 13.2 Å². The van der Waals surface area contributed by atoms with Gasteiger partial charge in [-0.3, -0.25) is 4.79 Å². The molecular formula is C21H17Cl2NO4S. The number of benzene rings is 3. The van der Waals surface area contributed by atoms with Crippen LogP contribution in [0.2, 0.25) is 10.0 Å². The standard InChI is InChI=1S/C21H17Cl2NO4S/c1-14-7-10-16(11-8-14)29(26,27)24(15-9-12-20(28-2)19(23)13-15)21(25)17-5-3-4-6-18(17)22/h3-13H,1-2H3. The van der Waals surface area contributed by atoms with Crippen molar-refractivity contribution in [3.05, 3.63) is 87.9 Å². The van der Waals surface area contributed by atoms with Gasteiger partial charge in [0.05, 0.1) is 33.3 Å². The lowest BCUT2D eigenvalue weighted by Crippen LogP contribution is -2.37. The van der Waals surface area contributed by atoms with Crippen LogP contribution >= 0.6 is 23.2 Å². The molecule has 0 aliphatic rings. The Balaban J connectivity index is 2.21. The number of nitrogens with zero attached hydrogens (tertiary/aromatic N) is 1. The number of halogens is 2. The summed E-state index contributed by atoms with van der Waals surface area (Å²) < 4.78 is 32.7. The fourth-order valence-corrected chi connectivity index (χ4v) is 4.57. The van der Waals surface area contributed by atoms with E-state index in [-0.39, 0.29) is 26.2 Å². The van der Waals surface area contributed by atoms with Gasteiger partial charge < -0.3 is 4.74 Å². The van der Waals surface area contributed by atoms with E-state index >= 15 is 0 Å². The van der Waals surface area contributed by atoms with Crippen LogP contribution in [0.25, 0.3) is 0 Å². The summed E-state index contributed by atoms with van der Waals surface area (Å²) in [5.41, 5.74) is 1.01. The summed E-state index contributed by atoms with van der Waals surface area (Å²) in [5, 5.41) is 0.308. The average Bonchev–Trinajstić information content (AvgIpc) is 2.68. The second kappa shape index (κ2) is 8.45. The number of hydrogen-bond donors (Lipinski definition) is 0. The van der Waals surface area contributed by atoms with Gasteiger partial charge in [0.15, 0.2) is 0 Å². The third kappa shape index (κ3) is 4.24. The molecule has 150 valence electrons. The maximum Gasteiger partial charge on any atom is 0.273 e. The Bertz CT molecular complexity index is 1160. The number of hydrogen-bond acceptors (Lipinski definition) is 4. The first kappa shape index (κ1) is 21.2. The molecule has 0 bridgehead atoms. The Morgan fingerprint density at radius 1 is 0.931 bits per heavy atom. The number of rotatable bonds is 5. The van der Waals surface area contributed by atoms with E-state index in [1.165, 1.54) is 49.6 Å². The van der Waals surface area contributed by atoms with Gasteiger partial charge in [0.2, 0.25) is 0 Å². The molecule has 0 atom stereocenters. The van der Waals surface area contributed by atoms with Crippen molar-refractivity contribution in [1.29, 1.82) is 0 Å². The fraction of sp³-hybridized carbons (Fsp3) is 0.0952. The van der Waals surface area contributed by atoms with Crippen LogP contribution in [-0.4, -0.2) is 21.4 Å². The van der Waals surface area contributed by atoms with Gasteiger partial charge in [-0.1, -0.05) is 53.0 Å². The van der Waals surface area contributed by atoms with Gasteiger partial charge in [-0.2, -0.15) is 4.31 Å². The Hall–Kier alpha value is -2.54. The lowest BCUT2D eigenvalue weighted by Gasteiger charge is -2.24. The number of methoxy groups -OCH3 is 1. The first-order chi connectivity index (χ1) is 13.8. The highest BCUT2D eigenvalue weighted by Gasteiger charge is 2.33. The maximum absolute atomic E-state index is 13.4. The number of sulfonamides is 1. The van der Waals surface area contributed by atoms with Crippen molar-refractivity contribution in [2.24, 2.45) is 0 Å². The molecule has 0 aromatic heterocycles. The highest BCUT2D eigenvalue weighted by atomic mass is 35.5. The van der Waals surface area contributed by atoms with E-state index in [0.29, 0.717) is 10.1 Å². The summed E-state index contributed by atoms with van der Waals surface area (Å²) in [6, 6.07) is 16.8. The Labute approximate surface area is 179 Å². The molecule has 3 rings (SSSR count). The van der Waals surface area contributed by atoms with Gasteiger partial charge in [-0.15, -0.1) is 0 Å². The van der Waals surface area contributed by atoms with Gasteiger partial charge in [0, 0.05) is 0 Å². The van der Waals surface area contributed by atoms with Gasteiger partial charge in [0.25, 0.3) is 15.9 Å². The zero-order valence-electron chi connectivity index (χ0n) is 15.6.